The average Bonchev–Trinajstić information content (AvgIpc) is 2.96. The van der Waals surface area contributed by atoms with E-state index in [4.69, 9.17) is 4.74 Å². The monoisotopic (exact) mass is 287 g/mol. The van der Waals surface area contributed by atoms with Gasteiger partial charge < -0.3 is 15.2 Å². The van der Waals surface area contributed by atoms with Crippen LogP contribution in [0.5, 0.6) is 0 Å². The number of aliphatic hydroxyl groups excluding tert-OH is 1. The second-order valence-corrected chi connectivity index (χ2v) is 7.15. The summed E-state index contributed by atoms with van der Waals surface area (Å²) < 4.78 is 5.75. The average molecular weight is 287 g/mol. The molecule has 2 rings (SSSR count). The van der Waals surface area contributed by atoms with Gasteiger partial charge in [-0.2, -0.15) is 11.8 Å². The van der Waals surface area contributed by atoms with Crippen LogP contribution in [-0.4, -0.2) is 48.0 Å². The lowest BCUT2D eigenvalue weighted by Gasteiger charge is -2.29. The third kappa shape index (κ3) is 5.62. The standard InChI is InChI=1S/C15H29NO2S/c1-19-15-8-6-12(7-9-15)16-10-13(17)11-18-14-4-2-3-5-14/h12-17H,2-11H2,1H3. The van der Waals surface area contributed by atoms with Crippen LogP contribution in [0.2, 0.25) is 0 Å². The van der Waals surface area contributed by atoms with Gasteiger partial charge in [0, 0.05) is 17.8 Å². The minimum Gasteiger partial charge on any atom is -0.389 e. The van der Waals surface area contributed by atoms with Crippen LogP contribution in [0, 0.1) is 0 Å². The topological polar surface area (TPSA) is 41.5 Å². The van der Waals surface area contributed by atoms with E-state index in [0.717, 1.165) is 5.25 Å². The first-order valence-corrected chi connectivity index (χ1v) is 9.12. The summed E-state index contributed by atoms with van der Waals surface area (Å²) >= 11 is 2.00. The van der Waals surface area contributed by atoms with Gasteiger partial charge in [-0.15, -0.1) is 0 Å². The van der Waals surface area contributed by atoms with Crippen molar-refractivity contribution >= 4 is 11.8 Å². The molecule has 2 N–H and O–H groups in total. The number of hydrogen-bond acceptors (Lipinski definition) is 4. The molecule has 0 aromatic heterocycles. The van der Waals surface area contributed by atoms with E-state index in [1.54, 1.807) is 0 Å². The summed E-state index contributed by atoms with van der Waals surface area (Å²) in [6.07, 6.45) is 12.3. The van der Waals surface area contributed by atoms with Gasteiger partial charge in [-0.3, -0.25) is 0 Å². The van der Waals surface area contributed by atoms with Crippen LogP contribution in [-0.2, 0) is 4.74 Å². The SMILES string of the molecule is CSC1CCC(NCC(O)COC2CCCC2)CC1. The lowest BCUT2D eigenvalue weighted by atomic mass is 9.95. The molecule has 1 unspecified atom stereocenters. The zero-order valence-corrected chi connectivity index (χ0v) is 13.0. The lowest BCUT2D eigenvalue weighted by Crippen LogP contribution is -2.40. The first-order valence-electron chi connectivity index (χ1n) is 7.83. The highest BCUT2D eigenvalue weighted by Crippen LogP contribution is 2.26. The fraction of sp³-hybridized carbons (Fsp3) is 1.00. The van der Waals surface area contributed by atoms with Gasteiger partial charge in [0.2, 0.25) is 0 Å². The predicted octanol–water partition coefficient (Wildman–Crippen LogP) is 2.57. The highest BCUT2D eigenvalue weighted by atomic mass is 32.2. The third-order valence-electron chi connectivity index (χ3n) is 4.48. The summed E-state index contributed by atoms with van der Waals surface area (Å²) in [4.78, 5) is 0. The van der Waals surface area contributed by atoms with Crippen molar-refractivity contribution in [1.82, 2.24) is 5.32 Å². The van der Waals surface area contributed by atoms with Gasteiger partial charge in [0.15, 0.2) is 0 Å². The smallest absolute Gasteiger partial charge is 0.0897 e. The van der Waals surface area contributed by atoms with Crippen LogP contribution in [0.3, 0.4) is 0 Å². The van der Waals surface area contributed by atoms with Crippen LogP contribution in [0.4, 0.5) is 0 Å². The van der Waals surface area contributed by atoms with E-state index in [1.807, 2.05) is 11.8 Å². The molecule has 0 amide bonds. The van der Waals surface area contributed by atoms with Crippen LogP contribution in [0.1, 0.15) is 51.4 Å². The van der Waals surface area contributed by atoms with E-state index in [-0.39, 0.29) is 6.10 Å². The molecule has 19 heavy (non-hydrogen) atoms. The van der Waals surface area contributed by atoms with Gasteiger partial charge in [-0.1, -0.05) is 12.8 Å². The maximum atomic E-state index is 9.95. The number of rotatable bonds is 7. The Morgan fingerprint density at radius 1 is 1.16 bits per heavy atom. The minimum atomic E-state index is -0.348. The van der Waals surface area contributed by atoms with Crippen LogP contribution >= 0.6 is 11.8 Å². The van der Waals surface area contributed by atoms with E-state index < -0.39 is 0 Å². The molecule has 0 aromatic rings. The van der Waals surface area contributed by atoms with E-state index in [2.05, 4.69) is 11.6 Å². The molecule has 0 spiro atoms. The number of aliphatic hydroxyl groups is 1. The molecule has 0 aromatic carbocycles. The summed E-state index contributed by atoms with van der Waals surface area (Å²) in [5.41, 5.74) is 0. The Labute approximate surface area is 121 Å². The van der Waals surface area contributed by atoms with E-state index in [1.165, 1.54) is 51.4 Å². The molecular formula is C15H29NO2S. The molecule has 2 fully saturated rings. The predicted molar refractivity (Wildman–Crippen MR) is 81.8 cm³/mol. The molecule has 2 saturated carbocycles. The van der Waals surface area contributed by atoms with Crippen molar-refractivity contribution in [1.29, 1.82) is 0 Å². The second-order valence-electron chi connectivity index (χ2n) is 6.01. The third-order valence-corrected chi connectivity index (χ3v) is 5.61. The summed E-state index contributed by atoms with van der Waals surface area (Å²) in [6, 6.07) is 0.601. The van der Waals surface area contributed by atoms with Gasteiger partial charge in [0.05, 0.1) is 18.8 Å². The number of hydrogen-bond donors (Lipinski definition) is 2. The highest BCUT2D eigenvalue weighted by Gasteiger charge is 2.21. The largest absolute Gasteiger partial charge is 0.389 e. The van der Waals surface area contributed by atoms with Gasteiger partial charge >= 0.3 is 0 Å². The first kappa shape index (κ1) is 15.6. The fourth-order valence-corrected chi connectivity index (χ4v) is 3.91. The summed E-state index contributed by atoms with van der Waals surface area (Å²) in [7, 11) is 0. The van der Waals surface area contributed by atoms with Gasteiger partial charge in [0.1, 0.15) is 0 Å². The maximum absolute atomic E-state index is 9.95. The van der Waals surface area contributed by atoms with E-state index in [0.29, 0.717) is 25.3 Å². The normalized spacial score (nSPS) is 30.6. The molecule has 0 aliphatic heterocycles. The van der Waals surface area contributed by atoms with E-state index >= 15 is 0 Å². The summed E-state index contributed by atoms with van der Waals surface area (Å²) in [5, 5.41) is 14.3. The van der Waals surface area contributed by atoms with Crippen molar-refractivity contribution in [3.8, 4) is 0 Å². The Hall–Kier alpha value is 0.230. The van der Waals surface area contributed by atoms with Gasteiger partial charge in [-0.25, -0.2) is 0 Å². The molecule has 3 nitrogen and oxygen atoms in total. The minimum absolute atomic E-state index is 0.348. The Kier molecular flexibility index (Phi) is 6.99. The number of thioether (sulfide) groups is 1. The molecule has 2 aliphatic carbocycles. The Balaban J connectivity index is 1.52. The molecule has 0 saturated heterocycles. The van der Waals surface area contributed by atoms with Crippen molar-refractivity contribution in [2.45, 2.75) is 74.9 Å². The zero-order valence-electron chi connectivity index (χ0n) is 12.1. The molecule has 1 atom stereocenters. The lowest BCUT2D eigenvalue weighted by molar-refractivity contribution is -0.00655. The van der Waals surface area contributed by atoms with Crippen LogP contribution < -0.4 is 5.32 Å². The zero-order chi connectivity index (χ0) is 13.5. The molecule has 0 bridgehead atoms. The van der Waals surface area contributed by atoms with Crippen molar-refractivity contribution in [3.05, 3.63) is 0 Å². The maximum Gasteiger partial charge on any atom is 0.0897 e. The second kappa shape index (κ2) is 8.50. The van der Waals surface area contributed by atoms with Crippen LogP contribution in [0.25, 0.3) is 0 Å². The van der Waals surface area contributed by atoms with Gasteiger partial charge in [-0.05, 0) is 44.8 Å². The quantitative estimate of drug-likeness (QED) is 0.755. The Bertz CT molecular complexity index is 238. The molecule has 0 heterocycles. The Morgan fingerprint density at radius 2 is 1.84 bits per heavy atom. The van der Waals surface area contributed by atoms with E-state index in [9.17, 15) is 5.11 Å². The molecule has 4 heteroatoms. The number of nitrogens with one attached hydrogen (secondary N) is 1. The summed E-state index contributed by atoms with van der Waals surface area (Å²) in [5.74, 6) is 0. The molecule has 112 valence electrons. The van der Waals surface area contributed by atoms with Crippen molar-refractivity contribution in [2.75, 3.05) is 19.4 Å². The molecule has 2 aliphatic rings. The van der Waals surface area contributed by atoms with Crippen LogP contribution in [0.15, 0.2) is 0 Å². The highest BCUT2D eigenvalue weighted by molar-refractivity contribution is 7.99. The first-order chi connectivity index (χ1) is 9.28. The van der Waals surface area contributed by atoms with Gasteiger partial charge in [0.25, 0.3) is 0 Å². The molecular weight excluding hydrogens is 258 g/mol. The summed E-state index contributed by atoms with van der Waals surface area (Å²) in [6.45, 7) is 1.18. The number of ether oxygens (including phenoxy) is 1. The van der Waals surface area contributed by atoms with Crippen molar-refractivity contribution < 1.29 is 9.84 Å². The Morgan fingerprint density at radius 3 is 2.47 bits per heavy atom. The fourth-order valence-electron chi connectivity index (χ4n) is 3.17. The van der Waals surface area contributed by atoms with Crippen molar-refractivity contribution in [2.24, 2.45) is 0 Å². The molecule has 0 radical (unpaired) electrons. The van der Waals surface area contributed by atoms with Crippen molar-refractivity contribution in [3.63, 3.8) is 0 Å².